The first kappa shape index (κ1) is 13.7. The van der Waals surface area contributed by atoms with Crippen molar-refractivity contribution in [2.24, 2.45) is 11.8 Å². The van der Waals surface area contributed by atoms with Crippen LogP contribution in [-0.2, 0) is 11.2 Å². The van der Waals surface area contributed by atoms with E-state index in [-0.39, 0.29) is 16.9 Å². The predicted molar refractivity (Wildman–Crippen MR) is 69.8 cm³/mol. The molecule has 2 rings (SSSR count). The van der Waals surface area contributed by atoms with E-state index in [0.717, 1.165) is 31.6 Å². The van der Waals surface area contributed by atoms with E-state index in [0.29, 0.717) is 12.3 Å². The van der Waals surface area contributed by atoms with E-state index in [9.17, 15) is 4.39 Å². The molecule has 5 heteroatoms. The van der Waals surface area contributed by atoms with Gasteiger partial charge in [0.05, 0.1) is 5.02 Å². The van der Waals surface area contributed by atoms with Crippen LogP contribution in [0.3, 0.4) is 0 Å². The lowest BCUT2D eigenvalue weighted by molar-refractivity contribution is 0.181. The fourth-order valence-electron chi connectivity index (χ4n) is 2.33. The molecule has 1 saturated heterocycles. The maximum absolute atomic E-state index is 13.3. The highest BCUT2D eigenvalue weighted by Gasteiger charge is 2.20. The van der Waals surface area contributed by atoms with E-state index >= 15 is 0 Å². The Balaban J connectivity index is 1.94. The molecule has 1 aliphatic rings. The number of ether oxygens (including phenoxy) is 1. The van der Waals surface area contributed by atoms with Crippen molar-refractivity contribution in [3.8, 4) is 0 Å². The number of benzene rings is 1. The molecule has 0 amide bonds. The summed E-state index contributed by atoms with van der Waals surface area (Å²) in [6.07, 6.45) is 2.72. The Bertz CT molecular complexity index is 397. The monoisotopic (exact) mass is 272 g/mol. The second-order valence-electron chi connectivity index (χ2n) is 4.78. The number of halogens is 2. The van der Waals surface area contributed by atoms with E-state index in [2.05, 4.69) is 5.43 Å². The number of hydrogen-bond donors (Lipinski definition) is 2. The number of hydrazine groups is 1. The Hall–Kier alpha value is -0.680. The van der Waals surface area contributed by atoms with Crippen molar-refractivity contribution in [2.45, 2.75) is 25.3 Å². The summed E-state index contributed by atoms with van der Waals surface area (Å²) in [4.78, 5) is 0. The van der Waals surface area contributed by atoms with Gasteiger partial charge in [-0.1, -0.05) is 17.7 Å². The van der Waals surface area contributed by atoms with Gasteiger partial charge in [0.1, 0.15) is 5.82 Å². The third-order valence-electron chi connectivity index (χ3n) is 3.34. The van der Waals surface area contributed by atoms with Gasteiger partial charge in [0.15, 0.2) is 0 Å². The van der Waals surface area contributed by atoms with Crippen molar-refractivity contribution in [3.63, 3.8) is 0 Å². The molecule has 0 spiro atoms. The van der Waals surface area contributed by atoms with Crippen molar-refractivity contribution in [1.29, 1.82) is 0 Å². The lowest BCUT2D eigenvalue weighted by atomic mass is 9.95. The molecule has 1 heterocycles. The first-order valence-corrected chi connectivity index (χ1v) is 6.54. The molecule has 0 aliphatic carbocycles. The second-order valence-corrected chi connectivity index (χ2v) is 5.19. The molecule has 2 unspecified atom stereocenters. The highest BCUT2D eigenvalue weighted by Crippen LogP contribution is 2.21. The van der Waals surface area contributed by atoms with Crippen LogP contribution in [0.1, 0.15) is 18.4 Å². The van der Waals surface area contributed by atoms with Crippen LogP contribution < -0.4 is 11.3 Å². The molecular weight excluding hydrogens is 255 g/mol. The number of rotatable bonds is 5. The SMILES string of the molecule is NNC(Cc1ccc(Cl)c(F)c1)CC1CCOC1. The minimum atomic E-state index is -0.380. The Morgan fingerprint density at radius 2 is 2.39 bits per heavy atom. The highest BCUT2D eigenvalue weighted by atomic mass is 35.5. The molecule has 1 aromatic rings. The largest absolute Gasteiger partial charge is 0.381 e. The van der Waals surface area contributed by atoms with E-state index in [1.54, 1.807) is 6.07 Å². The second kappa shape index (κ2) is 6.48. The molecule has 0 bridgehead atoms. The molecule has 3 nitrogen and oxygen atoms in total. The summed E-state index contributed by atoms with van der Waals surface area (Å²) in [5.74, 6) is 5.72. The van der Waals surface area contributed by atoms with Crippen molar-refractivity contribution < 1.29 is 9.13 Å². The third kappa shape index (κ3) is 3.65. The smallest absolute Gasteiger partial charge is 0.142 e. The molecule has 3 N–H and O–H groups in total. The summed E-state index contributed by atoms with van der Waals surface area (Å²) in [7, 11) is 0. The predicted octanol–water partition coefficient (Wildman–Crippen LogP) is 2.28. The first-order chi connectivity index (χ1) is 8.69. The van der Waals surface area contributed by atoms with E-state index in [1.165, 1.54) is 6.07 Å². The summed E-state index contributed by atoms with van der Waals surface area (Å²) >= 11 is 5.66. The van der Waals surface area contributed by atoms with Crippen LogP contribution in [0.4, 0.5) is 4.39 Å². The van der Waals surface area contributed by atoms with Gasteiger partial charge >= 0.3 is 0 Å². The van der Waals surface area contributed by atoms with E-state index in [1.807, 2.05) is 6.07 Å². The molecule has 2 atom stereocenters. The normalized spacial score (nSPS) is 21.2. The Morgan fingerprint density at radius 1 is 1.56 bits per heavy atom. The van der Waals surface area contributed by atoms with Gasteiger partial charge in [0, 0.05) is 19.3 Å². The summed E-state index contributed by atoms with van der Waals surface area (Å²) in [6, 6.07) is 5.02. The Labute approximate surface area is 111 Å². The van der Waals surface area contributed by atoms with Gasteiger partial charge in [0.25, 0.3) is 0 Å². The zero-order valence-electron chi connectivity index (χ0n) is 10.2. The molecule has 1 fully saturated rings. The molecule has 100 valence electrons. The molecule has 0 radical (unpaired) electrons. The molecule has 1 aromatic carbocycles. The third-order valence-corrected chi connectivity index (χ3v) is 3.65. The lowest BCUT2D eigenvalue weighted by Gasteiger charge is -2.19. The quantitative estimate of drug-likeness (QED) is 0.639. The highest BCUT2D eigenvalue weighted by molar-refractivity contribution is 6.30. The van der Waals surface area contributed by atoms with Gasteiger partial charge in [-0.15, -0.1) is 0 Å². The van der Waals surface area contributed by atoms with Crippen LogP contribution in [0.5, 0.6) is 0 Å². The Morgan fingerprint density at radius 3 is 3.00 bits per heavy atom. The molecule has 0 aromatic heterocycles. The average Bonchev–Trinajstić information content (AvgIpc) is 2.86. The molecule has 1 aliphatic heterocycles. The average molecular weight is 273 g/mol. The van der Waals surface area contributed by atoms with Gasteiger partial charge in [-0.3, -0.25) is 11.3 Å². The molecule has 18 heavy (non-hydrogen) atoms. The molecular formula is C13H18ClFN2O. The first-order valence-electron chi connectivity index (χ1n) is 6.17. The maximum Gasteiger partial charge on any atom is 0.142 e. The van der Waals surface area contributed by atoms with Crippen LogP contribution in [0.15, 0.2) is 18.2 Å². The van der Waals surface area contributed by atoms with Crippen molar-refractivity contribution in [1.82, 2.24) is 5.43 Å². The van der Waals surface area contributed by atoms with Gasteiger partial charge in [-0.25, -0.2) is 4.39 Å². The van der Waals surface area contributed by atoms with Gasteiger partial charge in [-0.05, 0) is 42.9 Å². The van der Waals surface area contributed by atoms with Crippen molar-refractivity contribution >= 4 is 11.6 Å². The topological polar surface area (TPSA) is 47.3 Å². The van der Waals surface area contributed by atoms with Crippen LogP contribution in [0, 0.1) is 11.7 Å². The van der Waals surface area contributed by atoms with E-state index < -0.39 is 0 Å². The molecule has 0 saturated carbocycles. The zero-order valence-corrected chi connectivity index (χ0v) is 10.9. The fraction of sp³-hybridized carbons (Fsp3) is 0.538. The van der Waals surface area contributed by atoms with Crippen LogP contribution in [-0.4, -0.2) is 19.3 Å². The standard InChI is InChI=1S/C13H18ClFN2O/c14-12-2-1-9(7-13(12)15)5-11(17-16)6-10-3-4-18-8-10/h1-2,7,10-11,17H,3-6,8,16H2. The van der Waals surface area contributed by atoms with Gasteiger partial charge in [0.2, 0.25) is 0 Å². The Kier molecular flexibility index (Phi) is 4.95. The summed E-state index contributed by atoms with van der Waals surface area (Å²) in [6.45, 7) is 1.63. The van der Waals surface area contributed by atoms with E-state index in [4.69, 9.17) is 22.2 Å². The maximum atomic E-state index is 13.3. The minimum Gasteiger partial charge on any atom is -0.381 e. The number of hydrogen-bond acceptors (Lipinski definition) is 3. The van der Waals surface area contributed by atoms with Crippen molar-refractivity contribution in [3.05, 3.63) is 34.6 Å². The van der Waals surface area contributed by atoms with Crippen LogP contribution >= 0.6 is 11.6 Å². The van der Waals surface area contributed by atoms with Crippen LogP contribution in [0.25, 0.3) is 0 Å². The summed E-state index contributed by atoms with van der Waals surface area (Å²) in [5, 5.41) is 0.153. The minimum absolute atomic E-state index is 0.136. The summed E-state index contributed by atoms with van der Waals surface area (Å²) in [5.41, 5.74) is 3.70. The lowest BCUT2D eigenvalue weighted by Crippen LogP contribution is -2.38. The zero-order chi connectivity index (χ0) is 13.0. The fourth-order valence-corrected chi connectivity index (χ4v) is 2.45. The summed E-state index contributed by atoms with van der Waals surface area (Å²) < 4.78 is 18.7. The van der Waals surface area contributed by atoms with Crippen molar-refractivity contribution in [2.75, 3.05) is 13.2 Å². The number of nitrogens with one attached hydrogen (secondary N) is 1. The van der Waals surface area contributed by atoms with Crippen LogP contribution in [0.2, 0.25) is 5.02 Å². The van der Waals surface area contributed by atoms with Gasteiger partial charge in [-0.2, -0.15) is 0 Å². The van der Waals surface area contributed by atoms with Gasteiger partial charge < -0.3 is 4.74 Å². The number of nitrogens with two attached hydrogens (primary N) is 1.